The number of benzene rings is 1. The van der Waals surface area contributed by atoms with Crippen LogP contribution in [0.1, 0.15) is 32.6 Å². The van der Waals surface area contributed by atoms with Crippen LogP contribution >= 0.6 is 0 Å². The van der Waals surface area contributed by atoms with Gasteiger partial charge in [-0.25, -0.2) is 0 Å². The fourth-order valence-corrected chi connectivity index (χ4v) is 2.77. The average molecular weight is 310 g/mol. The Morgan fingerprint density at radius 1 is 1.04 bits per heavy atom. The van der Waals surface area contributed by atoms with Crippen LogP contribution in [0.3, 0.4) is 0 Å². The minimum atomic E-state index is -0.464. The molecule has 0 spiro atoms. The Labute approximate surface area is 137 Å². The summed E-state index contributed by atoms with van der Waals surface area (Å²) < 4.78 is 0. The van der Waals surface area contributed by atoms with Gasteiger partial charge in [-0.15, -0.1) is 0 Å². The smallest absolute Gasteiger partial charge is 0.294 e. The van der Waals surface area contributed by atoms with E-state index in [0.29, 0.717) is 18.5 Å². The zero-order chi connectivity index (χ0) is 17.0. The van der Waals surface area contributed by atoms with E-state index in [1.165, 1.54) is 4.90 Å². The Morgan fingerprint density at radius 2 is 1.61 bits per heavy atom. The zero-order valence-corrected chi connectivity index (χ0v) is 14.1. The van der Waals surface area contributed by atoms with Crippen molar-refractivity contribution in [1.82, 2.24) is 9.88 Å². The van der Waals surface area contributed by atoms with Gasteiger partial charge in [0.2, 0.25) is 0 Å². The van der Waals surface area contributed by atoms with E-state index in [1.807, 2.05) is 45.0 Å². The molecule has 0 aliphatic carbocycles. The molecule has 0 aliphatic rings. The van der Waals surface area contributed by atoms with Gasteiger partial charge in [-0.2, -0.15) is 0 Å². The number of ketones is 1. The summed E-state index contributed by atoms with van der Waals surface area (Å²) in [5.41, 5.74) is 4.41. The van der Waals surface area contributed by atoms with Crippen LogP contribution in [-0.2, 0) is 11.2 Å². The van der Waals surface area contributed by atoms with Gasteiger partial charge >= 0.3 is 0 Å². The van der Waals surface area contributed by atoms with Crippen molar-refractivity contribution < 1.29 is 9.59 Å². The summed E-state index contributed by atoms with van der Waals surface area (Å²) in [6.45, 7) is 6.23. The van der Waals surface area contributed by atoms with E-state index in [0.717, 1.165) is 22.3 Å². The lowest BCUT2D eigenvalue weighted by atomic mass is 9.96. The SMILES string of the molecule is Cc1cc(C)c(C(=O)C(=O)N(C)CCc2ccncc2)c(C)c1. The van der Waals surface area contributed by atoms with Crippen LogP contribution in [0.25, 0.3) is 0 Å². The molecular weight excluding hydrogens is 288 g/mol. The zero-order valence-electron chi connectivity index (χ0n) is 14.1. The second-order valence-electron chi connectivity index (χ2n) is 5.94. The highest BCUT2D eigenvalue weighted by atomic mass is 16.2. The first-order valence-electron chi connectivity index (χ1n) is 7.66. The number of hydrogen-bond donors (Lipinski definition) is 0. The molecule has 0 bridgehead atoms. The van der Waals surface area contributed by atoms with Crippen LogP contribution < -0.4 is 0 Å². The highest BCUT2D eigenvalue weighted by Crippen LogP contribution is 2.17. The molecule has 4 nitrogen and oxygen atoms in total. The third-order valence-corrected chi connectivity index (χ3v) is 3.93. The Morgan fingerprint density at radius 3 is 2.17 bits per heavy atom. The van der Waals surface area contributed by atoms with Crippen LogP contribution in [0, 0.1) is 20.8 Å². The summed E-state index contributed by atoms with van der Waals surface area (Å²) in [6.07, 6.45) is 4.15. The molecule has 0 radical (unpaired) electrons. The highest BCUT2D eigenvalue weighted by molar-refractivity contribution is 6.43. The molecule has 1 amide bonds. The predicted octanol–water partition coefficient (Wildman–Crippen LogP) is 2.89. The normalized spacial score (nSPS) is 10.4. The molecule has 2 aromatic rings. The lowest BCUT2D eigenvalue weighted by Gasteiger charge is -2.18. The summed E-state index contributed by atoms with van der Waals surface area (Å²) in [7, 11) is 1.67. The fourth-order valence-electron chi connectivity index (χ4n) is 2.77. The van der Waals surface area contributed by atoms with Gasteiger partial charge in [0.15, 0.2) is 0 Å². The number of pyridine rings is 1. The average Bonchev–Trinajstić information content (AvgIpc) is 2.51. The van der Waals surface area contributed by atoms with Crippen molar-refractivity contribution >= 4 is 11.7 Å². The van der Waals surface area contributed by atoms with E-state index in [2.05, 4.69) is 4.98 Å². The Hall–Kier alpha value is -2.49. The predicted molar refractivity (Wildman–Crippen MR) is 90.6 cm³/mol. The van der Waals surface area contributed by atoms with Gasteiger partial charge in [0.25, 0.3) is 11.7 Å². The molecular formula is C19H22N2O2. The largest absolute Gasteiger partial charge is 0.339 e. The van der Waals surface area contributed by atoms with Crippen LogP contribution in [0.5, 0.6) is 0 Å². The molecule has 0 saturated carbocycles. The lowest BCUT2D eigenvalue weighted by Crippen LogP contribution is -2.35. The maximum Gasteiger partial charge on any atom is 0.294 e. The van der Waals surface area contributed by atoms with Crippen LogP contribution in [0.15, 0.2) is 36.7 Å². The molecule has 2 rings (SSSR count). The lowest BCUT2D eigenvalue weighted by molar-refractivity contribution is -0.125. The van der Waals surface area contributed by atoms with Crippen LogP contribution in [0.2, 0.25) is 0 Å². The number of aryl methyl sites for hydroxylation is 3. The van der Waals surface area contributed by atoms with Gasteiger partial charge in [-0.3, -0.25) is 14.6 Å². The molecule has 1 heterocycles. The topological polar surface area (TPSA) is 50.3 Å². The summed E-state index contributed by atoms with van der Waals surface area (Å²) >= 11 is 0. The van der Waals surface area contributed by atoms with Crippen molar-refractivity contribution in [2.45, 2.75) is 27.2 Å². The second kappa shape index (κ2) is 7.18. The van der Waals surface area contributed by atoms with E-state index < -0.39 is 11.7 Å². The molecule has 1 aromatic carbocycles. The number of hydrogen-bond acceptors (Lipinski definition) is 3. The second-order valence-corrected chi connectivity index (χ2v) is 5.94. The molecule has 1 aromatic heterocycles. The summed E-state index contributed by atoms with van der Waals surface area (Å²) in [5, 5.41) is 0. The molecule has 0 unspecified atom stereocenters. The molecule has 120 valence electrons. The Balaban J connectivity index is 2.09. The van der Waals surface area contributed by atoms with Crippen molar-refractivity contribution in [1.29, 1.82) is 0 Å². The van der Waals surface area contributed by atoms with Gasteiger partial charge in [0, 0.05) is 31.5 Å². The number of likely N-dealkylation sites (N-methyl/N-ethyl adjacent to an activating group) is 1. The number of carbonyl (C=O) groups is 2. The highest BCUT2D eigenvalue weighted by Gasteiger charge is 2.23. The molecule has 0 atom stereocenters. The first kappa shape index (κ1) is 16.9. The van der Waals surface area contributed by atoms with Gasteiger partial charge in [-0.05, 0) is 56.0 Å². The summed E-state index contributed by atoms with van der Waals surface area (Å²) in [6, 6.07) is 7.69. The van der Waals surface area contributed by atoms with Gasteiger partial charge in [0.1, 0.15) is 0 Å². The number of aromatic nitrogens is 1. The maximum atomic E-state index is 12.5. The Bertz CT molecular complexity index is 700. The number of amides is 1. The maximum absolute atomic E-state index is 12.5. The first-order chi connectivity index (χ1) is 10.9. The summed E-state index contributed by atoms with van der Waals surface area (Å²) in [4.78, 5) is 30.4. The third kappa shape index (κ3) is 4.03. The van der Waals surface area contributed by atoms with E-state index >= 15 is 0 Å². The van der Waals surface area contributed by atoms with E-state index in [9.17, 15) is 9.59 Å². The third-order valence-electron chi connectivity index (χ3n) is 3.93. The molecule has 23 heavy (non-hydrogen) atoms. The Kier molecular flexibility index (Phi) is 5.27. The van der Waals surface area contributed by atoms with Crippen molar-refractivity contribution in [2.75, 3.05) is 13.6 Å². The van der Waals surface area contributed by atoms with Crippen LogP contribution in [0.4, 0.5) is 0 Å². The van der Waals surface area contributed by atoms with Crippen LogP contribution in [-0.4, -0.2) is 35.2 Å². The van der Waals surface area contributed by atoms with E-state index in [1.54, 1.807) is 19.4 Å². The van der Waals surface area contributed by atoms with Crippen molar-refractivity contribution in [3.63, 3.8) is 0 Å². The van der Waals surface area contributed by atoms with Gasteiger partial charge in [-0.1, -0.05) is 17.7 Å². The molecule has 0 aliphatic heterocycles. The van der Waals surface area contributed by atoms with Crippen molar-refractivity contribution in [3.8, 4) is 0 Å². The summed E-state index contributed by atoms with van der Waals surface area (Å²) in [5.74, 6) is -0.897. The number of nitrogens with zero attached hydrogens (tertiary/aromatic N) is 2. The van der Waals surface area contributed by atoms with Gasteiger partial charge < -0.3 is 4.90 Å². The minimum Gasteiger partial charge on any atom is -0.339 e. The molecule has 0 fully saturated rings. The monoisotopic (exact) mass is 310 g/mol. The minimum absolute atomic E-state index is 0.433. The quantitative estimate of drug-likeness (QED) is 0.630. The van der Waals surface area contributed by atoms with Crippen molar-refractivity contribution in [3.05, 3.63) is 64.5 Å². The molecule has 0 N–H and O–H groups in total. The van der Waals surface area contributed by atoms with Gasteiger partial charge in [0.05, 0.1) is 0 Å². The molecule has 0 saturated heterocycles. The fraction of sp³-hybridized carbons (Fsp3) is 0.316. The standard InChI is InChI=1S/C19H22N2O2/c1-13-11-14(2)17(15(3)12-13)18(22)19(23)21(4)10-7-16-5-8-20-9-6-16/h5-6,8-9,11-12H,7,10H2,1-4H3. The molecule has 4 heteroatoms. The van der Waals surface area contributed by atoms with Crippen molar-refractivity contribution in [2.24, 2.45) is 0 Å². The first-order valence-corrected chi connectivity index (χ1v) is 7.66. The van der Waals surface area contributed by atoms with E-state index in [4.69, 9.17) is 0 Å². The van der Waals surface area contributed by atoms with E-state index in [-0.39, 0.29) is 0 Å². The number of rotatable bonds is 5. The number of carbonyl (C=O) groups excluding carboxylic acids is 2. The number of Topliss-reactive ketones (excluding diaryl/α,β-unsaturated/α-hetero) is 1.